The van der Waals surface area contributed by atoms with Crippen LogP contribution in [0.2, 0.25) is 0 Å². The molecule has 0 bridgehead atoms. The number of ether oxygens (including phenoxy) is 4. The molecule has 0 amide bonds. The largest absolute Gasteiger partial charge is 0.374 e. The van der Waals surface area contributed by atoms with E-state index >= 15 is 0 Å². The summed E-state index contributed by atoms with van der Waals surface area (Å²) in [6.07, 6.45) is -2.26. The maximum Gasteiger partial charge on any atom is 0.165 e. The SMILES string of the molecule is [N-]=[N+]=N[C@@H]1O[C@H](COCc2ccccc2)[C@@H](OCc2ccccc2)[C@H]1OCc1ccccc1. The van der Waals surface area contributed by atoms with Gasteiger partial charge in [0.15, 0.2) is 6.23 Å². The number of nitrogens with zero attached hydrogens (tertiary/aromatic N) is 3. The number of benzene rings is 3. The van der Waals surface area contributed by atoms with E-state index in [1.165, 1.54) is 0 Å². The molecule has 7 nitrogen and oxygen atoms in total. The first kappa shape index (κ1) is 23.0. The summed E-state index contributed by atoms with van der Waals surface area (Å²) in [7, 11) is 0. The number of rotatable bonds is 11. The fraction of sp³-hybridized carbons (Fsp3) is 0.308. The second-order valence-corrected chi connectivity index (χ2v) is 7.79. The van der Waals surface area contributed by atoms with Gasteiger partial charge in [-0.3, -0.25) is 0 Å². The molecule has 0 spiro atoms. The summed E-state index contributed by atoms with van der Waals surface area (Å²) in [5.74, 6) is 0. The normalized spacial score (nSPS) is 22.1. The van der Waals surface area contributed by atoms with E-state index in [-0.39, 0.29) is 6.61 Å². The second-order valence-electron chi connectivity index (χ2n) is 7.79. The third-order valence-electron chi connectivity index (χ3n) is 5.42. The molecule has 0 saturated carbocycles. The molecule has 1 heterocycles. The van der Waals surface area contributed by atoms with Gasteiger partial charge in [0.25, 0.3) is 0 Å². The highest BCUT2D eigenvalue weighted by atomic mass is 16.6. The van der Waals surface area contributed by atoms with Gasteiger partial charge in [0, 0.05) is 4.91 Å². The van der Waals surface area contributed by atoms with Gasteiger partial charge in [-0.05, 0) is 22.2 Å². The molecule has 1 saturated heterocycles. The Kier molecular flexibility index (Phi) is 8.47. The average molecular weight is 446 g/mol. The number of hydrogen-bond acceptors (Lipinski definition) is 5. The van der Waals surface area contributed by atoms with Gasteiger partial charge in [-0.1, -0.05) is 96.1 Å². The topological polar surface area (TPSA) is 85.7 Å². The summed E-state index contributed by atoms with van der Waals surface area (Å²) in [5, 5.41) is 3.84. The lowest BCUT2D eigenvalue weighted by molar-refractivity contribution is -0.0897. The van der Waals surface area contributed by atoms with Crippen LogP contribution in [0.1, 0.15) is 16.7 Å². The molecule has 170 valence electrons. The van der Waals surface area contributed by atoms with E-state index < -0.39 is 24.5 Å². The summed E-state index contributed by atoms with van der Waals surface area (Å²) in [4.78, 5) is 2.96. The van der Waals surface area contributed by atoms with E-state index in [9.17, 15) is 0 Å². The highest BCUT2D eigenvalue weighted by molar-refractivity contribution is 5.15. The Morgan fingerprint density at radius 2 is 1.18 bits per heavy atom. The van der Waals surface area contributed by atoms with Crippen LogP contribution in [0, 0.1) is 0 Å². The van der Waals surface area contributed by atoms with Crippen LogP contribution in [0.25, 0.3) is 10.4 Å². The molecule has 3 aromatic carbocycles. The van der Waals surface area contributed by atoms with Crippen molar-refractivity contribution in [2.75, 3.05) is 6.61 Å². The Morgan fingerprint density at radius 1 is 0.697 bits per heavy atom. The van der Waals surface area contributed by atoms with Crippen LogP contribution >= 0.6 is 0 Å². The van der Waals surface area contributed by atoms with E-state index in [1.807, 2.05) is 91.0 Å². The maximum absolute atomic E-state index is 9.09. The van der Waals surface area contributed by atoms with Crippen molar-refractivity contribution in [1.82, 2.24) is 0 Å². The minimum atomic E-state index is -0.801. The summed E-state index contributed by atoms with van der Waals surface area (Å²) < 4.78 is 24.4. The van der Waals surface area contributed by atoms with E-state index in [0.717, 1.165) is 16.7 Å². The zero-order valence-electron chi connectivity index (χ0n) is 18.3. The summed E-state index contributed by atoms with van der Waals surface area (Å²) >= 11 is 0. The minimum Gasteiger partial charge on any atom is -0.374 e. The second kappa shape index (κ2) is 12.2. The van der Waals surface area contributed by atoms with Gasteiger partial charge in [-0.2, -0.15) is 0 Å². The fourth-order valence-corrected chi connectivity index (χ4v) is 3.77. The zero-order valence-corrected chi connectivity index (χ0v) is 18.3. The van der Waals surface area contributed by atoms with E-state index in [0.29, 0.717) is 19.8 Å². The summed E-state index contributed by atoms with van der Waals surface area (Å²) in [5.41, 5.74) is 12.2. The third kappa shape index (κ3) is 6.65. The van der Waals surface area contributed by atoms with Crippen molar-refractivity contribution in [3.8, 4) is 0 Å². The van der Waals surface area contributed by atoms with Crippen LogP contribution in [-0.4, -0.2) is 31.1 Å². The first-order valence-electron chi connectivity index (χ1n) is 11.0. The number of azide groups is 1. The van der Waals surface area contributed by atoms with Gasteiger partial charge >= 0.3 is 0 Å². The standard InChI is InChI=1S/C26H27N3O4/c27-29-28-26-25(32-18-22-14-8-3-9-15-22)24(31-17-21-12-6-2-7-13-21)23(33-26)19-30-16-20-10-4-1-5-11-20/h1-15,23-26H,16-19H2/t23-,24-,25-,26-/m1/s1. The van der Waals surface area contributed by atoms with Crippen LogP contribution < -0.4 is 0 Å². The smallest absolute Gasteiger partial charge is 0.165 e. The Labute approximate surface area is 193 Å². The van der Waals surface area contributed by atoms with Gasteiger partial charge in [-0.15, -0.1) is 0 Å². The van der Waals surface area contributed by atoms with Crippen LogP contribution in [0.4, 0.5) is 0 Å². The molecule has 0 unspecified atom stereocenters. The summed E-state index contributed by atoms with van der Waals surface area (Å²) in [6, 6.07) is 29.7. The van der Waals surface area contributed by atoms with Gasteiger partial charge in [-0.25, -0.2) is 0 Å². The fourth-order valence-electron chi connectivity index (χ4n) is 3.77. The molecule has 0 aliphatic carbocycles. The van der Waals surface area contributed by atoms with E-state index in [4.69, 9.17) is 24.5 Å². The maximum atomic E-state index is 9.09. The Bertz CT molecular complexity index is 1010. The Morgan fingerprint density at radius 3 is 1.70 bits per heavy atom. The average Bonchev–Trinajstić information content (AvgIpc) is 3.19. The molecule has 1 fully saturated rings. The molecule has 1 aliphatic heterocycles. The molecule has 0 N–H and O–H groups in total. The molecule has 4 rings (SSSR count). The third-order valence-corrected chi connectivity index (χ3v) is 5.42. The van der Waals surface area contributed by atoms with Crippen molar-refractivity contribution in [3.63, 3.8) is 0 Å². The van der Waals surface area contributed by atoms with Crippen molar-refractivity contribution in [2.45, 2.75) is 44.4 Å². The number of hydrogen-bond donors (Lipinski definition) is 0. The monoisotopic (exact) mass is 445 g/mol. The lowest BCUT2D eigenvalue weighted by Gasteiger charge is -2.24. The van der Waals surface area contributed by atoms with Crippen molar-refractivity contribution >= 4 is 0 Å². The molecule has 0 radical (unpaired) electrons. The van der Waals surface area contributed by atoms with Gasteiger partial charge in [0.2, 0.25) is 0 Å². The minimum absolute atomic E-state index is 0.289. The van der Waals surface area contributed by atoms with Crippen LogP contribution in [-0.2, 0) is 38.8 Å². The van der Waals surface area contributed by atoms with Crippen LogP contribution in [0.3, 0.4) is 0 Å². The van der Waals surface area contributed by atoms with E-state index in [2.05, 4.69) is 10.0 Å². The molecular weight excluding hydrogens is 418 g/mol. The van der Waals surface area contributed by atoms with Crippen molar-refractivity contribution in [3.05, 3.63) is 118 Å². The molecule has 0 aromatic heterocycles. The lowest BCUT2D eigenvalue weighted by atomic mass is 10.1. The highest BCUT2D eigenvalue weighted by Gasteiger charge is 2.46. The molecular formula is C26H27N3O4. The zero-order chi connectivity index (χ0) is 22.7. The van der Waals surface area contributed by atoms with Gasteiger partial charge in [0.05, 0.1) is 26.4 Å². The van der Waals surface area contributed by atoms with Crippen molar-refractivity contribution < 1.29 is 18.9 Å². The Hall–Kier alpha value is -3.19. The van der Waals surface area contributed by atoms with Gasteiger partial charge < -0.3 is 18.9 Å². The predicted molar refractivity (Wildman–Crippen MR) is 124 cm³/mol. The van der Waals surface area contributed by atoms with Crippen LogP contribution in [0.15, 0.2) is 96.1 Å². The molecule has 4 atom stereocenters. The molecule has 1 aliphatic rings. The van der Waals surface area contributed by atoms with Gasteiger partial charge in [0.1, 0.15) is 18.3 Å². The highest BCUT2D eigenvalue weighted by Crippen LogP contribution is 2.30. The van der Waals surface area contributed by atoms with Crippen molar-refractivity contribution in [2.24, 2.45) is 5.11 Å². The first-order chi connectivity index (χ1) is 16.3. The van der Waals surface area contributed by atoms with Crippen molar-refractivity contribution in [1.29, 1.82) is 0 Å². The summed E-state index contributed by atoms with van der Waals surface area (Å²) in [6.45, 7) is 1.48. The lowest BCUT2D eigenvalue weighted by Crippen LogP contribution is -2.38. The van der Waals surface area contributed by atoms with Crippen LogP contribution in [0.5, 0.6) is 0 Å². The predicted octanol–water partition coefficient (Wildman–Crippen LogP) is 5.41. The first-order valence-corrected chi connectivity index (χ1v) is 11.0. The Balaban J connectivity index is 1.46. The molecule has 7 heteroatoms. The quantitative estimate of drug-likeness (QED) is 0.224. The molecule has 33 heavy (non-hydrogen) atoms. The van der Waals surface area contributed by atoms with E-state index in [1.54, 1.807) is 0 Å². The molecule has 3 aromatic rings.